The molecular formula is C18H22N4O2S. The minimum absolute atomic E-state index is 0.0325. The van der Waals surface area contributed by atoms with Crippen LogP contribution in [0.15, 0.2) is 54.2 Å². The van der Waals surface area contributed by atoms with Crippen LogP contribution >= 0.6 is 0 Å². The molecule has 25 heavy (non-hydrogen) atoms. The van der Waals surface area contributed by atoms with Crippen LogP contribution < -0.4 is 10.2 Å². The highest BCUT2D eigenvalue weighted by Gasteiger charge is 2.26. The summed E-state index contributed by atoms with van der Waals surface area (Å²) in [6.07, 6.45) is 7.52. The van der Waals surface area contributed by atoms with Gasteiger partial charge in [-0.05, 0) is 43.2 Å². The average Bonchev–Trinajstić information content (AvgIpc) is 3.26. The summed E-state index contributed by atoms with van der Waals surface area (Å²) in [6, 6.07) is 10.7. The van der Waals surface area contributed by atoms with Gasteiger partial charge in [-0.25, -0.2) is 13.1 Å². The van der Waals surface area contributed by atoms with E-state index in [0.29, 0.717) is 6.04 Å². The zero-order valence-corrected chi connectivity index (χ0v) is 14.8. The molecule has 2 aliphatic rings. The van der Waals surface area contributed by atoms with Gasteiger partial charge in [-0.2, -0.15) is 5.10 Å². The molecule has 3 heterocycles. The van der Waals surface area contributed by atoms with E-state index >= 15 is 0 Å². The van der Waals surface area contributed by atoms with E-state index in [1.54, 1.807) is 12.3 Å². The van der Waals surface area contributed by atoms with E-state index in [1.807, 2.05) is 16.9 Å². The van der Waals surface area contributed by atoms with E-state index < -0.39 is 9.84 Å². The number of sulfone groups is 1. The fourth-order valence-electron chi connectivity index (χ4n) is 3.52. The van der Waals surface area contributed by atoms with Gasteiger partial charge in [0.15, 0.2) is 9.84 Å². The van der Waals surface area contributed by atoms with E-state index in [-0.39, 0.29) is 11.8 Å². The van der Waals surface area contributed by atoms with Crippen LogP contribution in [0.1, 0.15) is 12.8 Å². The Morgan fingerprint density at radius 2 is 1.80 bits per heavy atom. The number of anilines is 1. The van der Waals surface area contributed by atoms with Gasteiger partial charge in [0.25, 0.3) is 0 Å². The number of rotatable bonds is 4. The monoisotopic (exact) mass is 358 g/mol. The second-order valence-electron chi connectivity index (χ2n) is 6.66. The molecule has 1 aromatic carbocycles. The Kier molecular flexibility index (Phi) is 4.35. The third-order valence-electron chi connectivity index (χ3n) is 4.86. The van der Waals surface area contributed by atoms with Crippen LogP contribution in [0.4, 0.5) is 5.69 Å². The van der Waals surface area contributed by atoms with Crippen LogP contribution in [0, 0.1) is 0 Å². The van der Waals surface area contributed by atoms with Crippen molar-refractivity contribution in [2.45, 2.75) is 24.9 Å². The standard InChI is InChI=1S/C18H22N4O2S/c23-25(24)13-8-16(14-25)20-15-6-11-21(12-7-15)17-2-4-18(5-3-17)22-10-1-9-19-22/h1-5,8-10,13,15-16,20H,6-7,11-12,14H2. The third kappa shape index (κ3) is 3.77. The molecule has 0 radical (unpaired) electrons. The fourth-order valence-corrected chi connectivity index (χ4v) is 4.77. The normalized spacial score (nSPS) is 23.2. The topological polar surface area (TPSA) is 67.2 Å². The summed E-state index contributed by atoms with van der Waals surface area (Å²) in [5.41, 5.74) is 2.28. The van der Waals surface area contributed by atoms with Crippen molar-refractivity contribution in [2.24, 2.45) is 0 Å². The van der Waals surface area contributed by atoms with Crippen molar-refractivity contribution in [3.05, 3.63) is 54.2 Å². The van der Waals surface area contributed by atoms with E-state index in [0.717, 1.165) is 31.6 Å². The van der Waals surface area contributed by atoms with Crippen molar-refractivity contribution in [1.82, 2.24) is 15.1 Å². The summed E-state index contributed by atoms with van der Waals surface area (Å²) in [5, 5.41) is 9.05. The lowest BCUT2D eigenvalue weighted by molar-refractivity contribution is 0.401. The van der Waals surface area contributed by atoms with Gasteiger partial charge in [0.05, 0.1) is 11.4 Å². The molecule has 0 spiro atoms. The lowest BCUT2D eigenvalue weighted by Gasteiger charge is -2.35. The number of benzene rings is 1. The van der Waals surface area contributed by atoms with Crippen LogP contribution in [0.3, 0.4) is 0 Å². The van der Waals surface area contributed by atoms with Gasteiger partial charge >= 0.3 is 0 Å². The number of nitrogens with one attached hydrogen (secondary N) is 1. The molecule has 4 rings (SSSR count). The minimum Gasteiger partial charge on any atom is -0.371 e. The summed E-state index contributed by atoms with van der Waals surface area (Å²) in [7, 11) is -2.98. The second-order valence-corrected chi connectivity index (χ2v) is 8.59. The molecule has 1 unspecified atom stereocenters. The summed E-state index contributed by atoms with van der Waals surface area (Å²) < 4.78 is 24.8. The fraction of sp³-hybridized carbons (Fsp3) is 0.389. The van der Waals surface area contributed by atoms with Gasteiger partial charge in [-0.15, -0.1) is 0 Å². The number of piperidine rings is 1. The highest BCUT2D eigenvalue weighted by molar-refractivity contribution is 7.94. The van der Waals surface area contributed by atoms with Crippen molar-refractivity contribution in [2.75, 3.05) is 23.7 Å². The maximum Gasteiger partial charge on any atom is 0.173 e. The molecule has 7 heteroatoms. The van der Waals surface area contributed by atoms with E-state index in [1.165, 1.54) is 11.1 Å². The van der Waals surface area contributed by atoms with Crippen molar-refractivity contribution in [3.8, 4) is 5.69 Å². The number of aromatic nitrogens is 2. The zero-order valence-electron chi connectivity index (χ0n) is 14.0. The van der Waals surface area contributed by atoms with Crippen molar-refractivity contribution in [3.63, 3.8) is 0 Å². The van der Waals surface area contributed by atoms with Crippen molar-refractivity contribution < 1.29 is 8.42 Å². The Morgan fingerprint density at radius 1 is 1.08 bits per heavy atom. The van der Waals surface area contributed by atoms with Crippen molar-refractivity contribution >= 4 is 15.5 Å². The molecule has 1 saturated heterocycles. The number of hydrogen-bond donors (Lipinski definition) is 1. The molecule has 1 N–H and O–H groups in total. The molecule has 0 amide bonds. The molecule has 0 aliphatic carbocycles. The zero-order chi connectivity index (χ0) is 17.3. The first-order valence-corrected chi connectivity index (χ1v) is 10.3. The highest BCUT2D eigenvalue weighted by atomic mass is 32.2. The molecule has 2 aliphatic heterocycles. The van der Waals surface area contributed by atoms with Crippen LogP contribution in [0.5, 0.6) is 0 Å². The van der Waals surface area contributed by atoms with Gasteiger partial charge in [-0.3, -0.25) is 0 Å². The molecule has 1 atom stereocenters. The van der Waals surface area contributed by atoms with Crippen LogP contribution in [-0.4, -0.2) is 49.1 Å². The Hall–Kier alpha value is -2.12. The van der Waals surface area contributed by atoms with Gasteiger partial charge in [0.1, 0.15) is 0 Å². The predicted octanol–water partition coefficient (Wildman–Crippen LogP) is 1.74. The SMILES string of the molecule is O=S1(=O)C=CC(NC2CCN(c3ccc(-n4cccn4)cc3)CC2)C1. The van der Waals surface area contributed by atoms with Crippen LogP contribution in [0.2, 0.25) is 0 Å². The van der Waals surface area contributed by atoms with Gasteiger partial charge in [-0.1, -0.05) is 6.08 Å². The Bertz CT molecular complexity index is 836. The highest BCUT2D eigenvalue weighted by Crippen LogP contribution is 2.22. The lowest BCUT2D eigenvalue weighted by atomic mass is 10.0. The van der Waals surface area contributed by atoms with E-state index in [9.17, 15) is 8.42 Å². The predicted molar refractivity (Wildman–Crippen MR) is 98.6 cm³/mol. The first-order chi connectivity index (χ1) is 12.1. The minimum atomic E-state index is -2.98. The van der Waals surface area contributed by atoms with Crippen LogP contribution in [0.25, 0.3) is 5.69 Å². The molecule has 132 valence electrons. The number of nitrogens with zero attached hydrogens (tertiary/aromatic N) is 3. The maximum atomic E-state index is 11.5. The van der Waals surface area contributed by atoms with Crippen molar-refractivity contribution in [1.29, 1.82) is 0 Å². The maximum absolute atomic E-state index is 11.5. The molecule has 6 nitrogen and oxygen atoms in total. The van der Waals surface area contributed by atoms with Crippen LogP contribution in [-0.2, 0) is 9.84 Å². The summed E-state index contributed by atoms with van der Waals surface area (Å²) in [6.45, 7) is 1.95. The molecule has 0 bridgehead atoms. The molecular weight excluding hydrogens is 336 g/mol. The lowest BCUT2D eigenvalue weighted by Crippen LogP contribution is -2.46. The smallest absolute Gasteiger partial charge is 0.173 e. The van der Waals surface area contributed by atoms with Gasteiger partial charge in [0, 0.05) is 48.7 Å². The quantitative estimate of drug-likeness (QED) is 0.902. The molecule has 2 aromatic rings. The molecule has 1 aromatic heterocycles. The molecule has 1 fully saturated rings. The van der Waals surface area contributed by atoms with E-state index in [4.69, 9.17) is 0 Å². The van der Waals surface area contributed by atoms with E-state index in [2.05, 4.69) is 39.6 Å². The number of hydrogen-bond acceptors (Lipinski definition) is 5. The van der Waals surface area contributed by atoms with Gasteiger partial charge in [0.2, 0.25) is 0 Å². The largest absolute Gasteiger partial charge is 0.371 e. The second kappa shape index (κ2) is 6.65. The average molecular weight is 358 g/mol. The summed E-state index contributed by atoms with van der Waals surface area (Å²) in [5.74, 6) is 0.197. The Labute approximate surface area is 148 Å². The summed E-state index contributed by atoms with van der Waals surface area (Å²) >= 11 is 0. The third-order valence-corrected chi connectivity index (χ3v) is 6.25. The summed E-state index contributed by atoms with van der Waals surface area (Å²) in [4.78, 5) is 2.38. The Morgan fingerprint density at radius 3 is 2.40 bits per heavy atom. The first-order valence-electron chi connectivity index (χ1n) is 8.61. The molecule has 0 saturated carbocycles. The Balaban J connectivity index is 1.32. The van der Waals surface area contributed by atoms with Gasteiger partial charge < -0.3 is 10.2 Å². The first kappa shape index (κ1) is 16.4.